The van der Waals surface area contributed by atoms with E-state index in [0.717, 1.165) is 0 Å². The molecule has 0 heterocycles. The maximum absolute atomic E-state index is 11.0. The molecule has 0 spiro atoms. The number of alkyl halides is 1. The van der Waals surface area contributed by atoms with Gasteiger partial charge in [-0.15, -0.1) is 11.6 Å². The van der Waals surface area contributed by atoms with Crippen molar-refractivity contribution in [2.75, 3.05) is 11.2 Å². The van der Waals surface area contributed by atoms with E-state index in [9.17, 15) is 4.79 Å². The maximum Gasteiger partial charge on any atom is 0.225 e. The van der Waals surface area contributed by atoms with Gasteiger partial charge in [-0.1, -0.05) is 18.2 Å². The molecule has 1 aromatic carbocycles. The Kier molecular flexibility index (Phi) is 3.61. The third kappa shape index (κ3) is 2.93. The molecule has 0 fully saturated rings. The number of hydrogen-bond donors (Lipinski definition) is 1. The third-order valence-corrected chi connectivity index (χ3v) is 1.49. The molecule has 0 atom stereocenters. The number of amides is 1. The summed E-state index contributed by atoms with van der Waals surface area (Å²) in [5, 5.41) is 2.66. The van der Waals surface area contributed by atoms with Gasteiger partial charge >= 0.3 is 0 Å². The first-order chi connectivity index (χ1) is 5.83. The van der Waals surface area contributed by atoms with Gasteiger partial charge in [0.1, 0.15) is 0 Å². The fourth-order valence-electron chi connectivity index (χ4n) is 0.770. The first-order valence-electron chi connectivity index (χ1n) is 3.65. The normalized spacial score (nSPS) is 9.42. The lowest BCUT2D eigenvalue weighted by Crippen LogP contribution is -2.11. The summed E-state index contributed by atoms with van der Waals surface area (Å²) >= 11 is 5.39. The minimum absolute atomic E-state index is 0.0764. The second-order valence-electron chi connectivity index (χ2n) is 2.26. The van der Waals surface area contributed by atoms with Crippen LogP contribution < -0.4 is 5.32 Å². The van der Waals surface area contributed by atoms with Gasteiger partial charge in [0.15, 0.2) is 0 Å². The minimum atomic E-state index is -0.0764. The van der Waals surface area contributed by atoms with Gasteiger partial charge in [-0.05, 0) is 6.07 Å². The molecule has 0 aliphatic heterocycles. The van der Waals surface area contributed by atoms with E-state index >= 15 is 0 Å². The molecule has 63 valence electrons. The Hall–Kier alpha value is -1.02. The molecular formula is C9H9ClNO. The van der Waals surface area contributed by atoms with Crippen molar-refractivity contribution in [3.05, 3.63) is 30.3 Å². The van der Waals surface area contributed by atoms with Crippen molar-refractivity contribution in [3.63, 3.8) is 0 Å². The summed E-state index contributed by atoms with van der Waals surface area (Å²) in [5.74, 6) is 0.269. The van der Waals surface area contributed by atoms with Crippen molar-refractivity contribution in [1.82, 2.24) is 0 Å². The smallest absolute Gasteiger partial charge is 0.225 e. The van der Waals surface area contributed by atoms with Crippen LogP contribution in [0.3, 0.4) is 0 Å². The monoisotopic (exact) mass is 182 g/mol. The molecule has 0 saturated carbocycles. The molecule has 0 aliphatic carbocycles. The maximum atomic E-state index is 11.0. The summed E-state index contributed by atoms with van der Waals surface area (Å²) < 4.78 is 0. The number of rotatable bonds is 3. The molecule has 1 aromatic rings. The summed E-state index contributed by atoms with van der Waals surface area (Å²) in [7, 11) is 0. The fourth-order valence-corrected chi connectivity index (χ4v) is 0.941. The van der Waals surface area contributed by atoms with E-state index in [1.54, 1.807) is 12.1 Å². The molecule has 1 radical (unpaired) electrons. The lowest BCUT2D eigenvalue weighted by atomic mass is 10.3. The topological polar surface area (TPSA) is 29.1 Å². The van der Waals surface area contributed by atoms with Crippen LogP contribution in [0.5, 0.6) is 0 Å². The van der Waals surface area contributed by atoms with E-state index < -0.39 is 0 Å². The van der Waals surface area contributed by atoms with Gasteiger partial charge in [-0.25, -0.2) is 0 Å². The Balaban J connectivity index is 2.47. The molecule has 1 rings (SSSR count). The van der Waals surface area contributed by atoms with E-state index in [4.69, 9.17) is 11.6 Å². The van der Waals surface area contributed by atoms with Crippen LogP contribution in [-0.2, 0) is 4.79 Å². The van der Waals surface area contributed by atoms with E-state index in [1.165, 1.54) is 0 Å². The van der Waals surface area contributed by atoms with E-state index in [2.05, 4.69) is 11.4 Å². The highest BCUT2D eigenvalue weighted by Crippen LogP contribution is 2.04. The van der Waals surface area contributed by atoms with Crippen LogP contribution in [0.2, 0.25) is 0 Å². The van der Waals surface area contributed by atoms with Crippen molar-refractivity contribution in [1.29, 1.82) is 0 Å². The summed E-state index contributed by atoms with van der Waals surface area (Å²) in [6.45, 7) is 0. The summed E-state index contributed by atoms with van der Waals surface area (Å²) in [4.78, 5) is 11.0. The highest BCUT2D eigenvalue weighted by molar-refractivity contribution is 6.19. The predicted molar refractivity (Wildman–Crippen MR) is 49.2 cm³/mol. The number of carbonyl (C=O) groups excluding carboxylic acids is 1. The number of halogens is 1. The second kappa shape index (κ2) is 4.78. The lowest BCUT2D eigenvalue weighted by Gasteiger charge is -2.01. The SMILES string of the molecule is O=C(CCCl)Nc1[c]cccc1. The Morgan fingerprint density at radius 2 is 2.42 bits per heavy atom. The highest BCUT2D eigenvalue weighted by Gasteiger charge is 1.99. The summed E-state index contributed by atoms with van der Waals surface area (Å²) in [6.07, 6.45) is 0.338. The zero-order chi connectivity index (χ0) is 8.81. The minimum Gasteiger partial charge on any atom is -0.325 e. The van der Waals surface area contributed by atoms with Crippen LogP contribution in [-0.4, -0.2) is 11.8 Å². The Labute approximate surface area is 76.5 Å². The van der Waals surface area contributed by atoms with Gasteiger partial charge in [0.25, 0.3) is 0 Å². The van der Waals surface area contributed by atoms with Gasteiger partial charge in [-0.2, -0.15) is 0 Å². The Morgan fingerprint density at radius 1 is 1.58 bits per heavy atom. The largest absolute Gasteiger partial charge is 0.325 e. The number of anilines is 1. The molecule has 12 heavy (non-hydrogen) atoms. The zero-order valence-electron chi connectivity index (χ0n) is 6.51. The van der Waals surface area contributed by atoms with Crippen molar-refractivity contribution >= 4 is 23.2 Å². The number of para-hydroxylation sites is 1. The Morgan fingerprint density at radius 3 is 3.00 bits per heavy atom. The number of nitrogens with one attached hydrogen (secondary N) is 1. The summed E-state index contributed by atoms with van der Waals surface area (Å²) in [5.41, 5.74) is 0.688. The molecule has 1 amide bonds. The number of hydrogen-bond acceptors (Lipinski definition) is 1. The van der Waals surface area contributed by atoms with Crippen LogP contribution in [0, 0.1) is 6.07 Å². The van der Waals surface area contributed by atoms with Crippen molar-refractivity contribution in [2.24, 2.45) is 0 Å². The average molecular weight is 183 g/mol. The second-order valence-corrected chi connectivity index (χ2v) is 2.64. The molecule has 0 aromatic heterocycles. The third-order valence-electron chi connectivity index (χ3n) is 1.30. The first kappa shape index (κ1) is 9.07. The zero-order valence-corrected chi connectivity index (χ0v) is 7.27. The van der Waals surface area contributed by atoms with Crippen molar-refractivity contribution in [3.8, 4) is 0 Å². The molecule has 0 bridgehead atoms. The molecule has 2 nitrogen and oxygen atoms in total. The molecule has 0 saturated heterocycles. The van der Waals surface area contributed by atoms with Crippen LogP contribution >= 0.6 is 11.6 Å². The standard InChI is InChI=1S/C9H9ClNO/c10-7-6-9(12)11-8-4-2-1-3-5-8/h1-4H,6-7H2,(H,11,12). The fraction of sp³-hybridized carbons (Fsp3) is 0.222. The lowest BCUT2D eigenvalue weighted by molar-refractivity contribution is -0.115. The van der Waals surface area contributed by atoms with Gasteiger partial charge in [0, 0.05) is 24.1 Å². The summed E-state index contributed by atoms with van der Waals surface area (Å²) in [6, 6.07) is 10.1. The van der Waals surface area contributed by atoms with E-state index in [0.29, 0.717) is 18.0 Å². The van der Waals surface area contributed by atoms with Gasteiger partial charge in [-0.3, -0.25) is 4.79 Å². The van der Waals surface area contributed by atoms with Crippen molar-refractivity contribution in [2.45, 2.75) is 6.42 Å². The van der Waals surface area contributed by atoms with E-state index in [1.807, 2.05) is 12.1 Å². The van der Waals surface area contributed by atoms with Gasteiger partial charge in [0.05, 0.1) is 0 Å². The van der Waals surface area contributed by atoms with Crippen LogP contribution in [0.4, 0.5) is 5.69 Å². The van der Waals surface area contributed by atoms with Crippen LogP contribution in [0.1, 0.15) is 6.42 Å². The van der Waals surface area contributed by atoms with Crippen LogP contribution in [0.25, 0.3) is 0 Å². The number of carbonyl (C=O) groups is 1. The molecule has 3 heteroatoms. The van der Waals surface area contributed by atoms with Crippen LogP contribution in [0.15, 0.2) is 24.3 Å². The molecular weight excluding hydrogens is 174 g/mol. The quantitative estimate of drug-likeness (QED) is 0.713. The molecule has 1 N–H and O–H groups in total. The van der Waals surface area contributed by atoms with E-state index in [-0.39, 0.29) is 5.91 Å². The van der Waals surface area contributed by atoms with Gasteiger partial charge < -0.3 is 5.32 Å². The first-order valence-corrected chi connectivity index (χ1v) is 4.19. The van der Waals surface area contributed by atoms with Crippen molar-refractivity contribution < 1.29 is 4.79 Å². The number of benzene rings is 1. The Bertz CT molecular complexity index is 248. The average Bonchev–Trinajstić information content (AvgIpc) is 2.06. The highest BCUT2D eigenvalue weighted by atomic mass is 35.5. The predicted octanol–water partition coefficient (Wildman–Crippen LogP) is 2.05. The van der Waals surface area contributed by atoms with Gasteiger partial charge in [0.2, 0.25) is 5.91 Å². The molecule has 0 unspecified atom stereocenters. The molecule has 0 aliphatic rings.